The fourth-order valence-corrected chi connectivity index (χ4v) is 3.83. The maximum Gasteiger partial charge on any atom is 0.416 e. The Morgan fingerprint density at radius 1 is 1.13 bits per heavy atom. The first-order chi connectivity index (χ1) is 14.1. The van der Waals surface area contributed by atoms with E-state index < -0.39 is 23.2 Å². The molecule has 30 heavy (non-hydrogen) atoms. The zero-order valence-electron chi connectivity index (χ0n) is 16.3. The van der Waals surface area contributed by atoms with Crippen LogP contribution >= 0.6 is 0 Å². The van der Waals surface area contributed by atoms with Gasteiger partial charge < -0.3 is 5.11 Å². The van der Waals surface area contributed by atoms with Crippen molar-refractivity contribution >= 4 is 23.0 Å². The van der Waals surface area contributed by atoms with Crippen LogP contribution in [0.5, 0.6) is 0 Å². The summed E-state index contributed by atoms with van der Waals surface area (Å²) in [5.74, 6) is -0.479. The number of hydrogen-bond donors (Lipinski definition) is 1. The van der Waals surface area contributed by atoms with Crippen LogP contribution in [0.4, 0.5) is 24.5 Å². The van der Waals surface area contributed by atoms with E-state index in [0.29, 0.717) is 11.3 Å². The van der Waals surface area contributed by atoms with Crippen molar-refractivity contribution in [2.45, 2.75) is 25.6 Å². The Labute approximate surface area is 171 Å². The molecule has 4 rings (SSSR count). The second kappa shape index (κ2) is 6.86. The molecule has 0 spiro atoms. The summed E-state index contributed by atoms with van der Waals surface area (Å²) < 4.78 is 39.2. The average Bonchev–Trinajstić information content (AvgIpc) is 2.97. The van der Waals surface area contributed by atoms with Gasteiger partial charge in [-0.15, -0.1) is 0 Å². The van der Waals surface area contributed by atoms with Crippen LogP contribution in [0.2, 0.25) is 0 Å². The SMILES string of the molecule is CC1C=C(O)C=CC1(C)N1C(=O)/C(=N\c2cccc(C(F)(F)F)c2)c2ccccc21. The first kappa shape index (κ1) is 19.9. The van der Waals surface area contributed by atoms with Crippen LogP contribution in [0, 0.1) is 5.92 Å². The first-order valence-electron chi connectivity index (χ1n) is 9.41. The van der Waals surface area contributed by atoms with E-state index in [-0.39, 0.29) is 23.1 Å². The molecule has 0 bridgehead atoms. The van der Waals surface area contributed by atoms with Gasteiger partial charge in [-0.25, -0.2) is 4.99 Å². The summed E-state index contributed by atoms with van der Waals surface area (Å²) in [6.07, 6.45) is 0.467. The molecule has 1 amide bonds. The Kier molecular flexibility index (Phi) is 4.56. The average molecular weight is 412 g/mol. The van der Waals surface area contributed by atoms with Gasteiger partial charge in [0.1, 0.15) is 11.5 Å². The van der Waals surface area contributed by atoms with Crippen molar-refractivity contribution < 1.29 is 23.1 Å². The Balaban J connectivity index is 1.82. The summed E-state index contributed by atoms with van der Waals surface area (Å²) in [4.78, 5) is 19.3. The topological polar surface area (TPSA) is 52.9 Å². The van der Waals surface area contributed by atoms with Gasteiger partial charge in [-0.3, -0.25) is 9.69 Å². The molecule has 4 nitrogen and oxygen atoms in total. The Morgan fingerprint density at radius 3 is 2.57 bits per heavy atom. The molecule has 7 heteroatoms. The van der Waals surface area contributed by atoms with Crippen molar-refractivity contribution in [3.05, 3.63) is 83.6 Å². The molecule has 2 aliphatic rings. The third kappa shape index (κ3) is 3.20. The molecule has 1 aliphatic heterocycles. The number of amides is 1. The lowest BCUT2D eigenvalue weighted by molar-refractivity contribution is -0.137. The molecule has 1 heterocycles. The lowest BCUT2D eigenvalue weighted by Crippen LogP contribution is -2.52. The molecule has 2 aromatic carbocycles. The molecule has 154 valence electrons. The number of carbonyl (C=O) groups excluding carboxylic acids is 1. The largest absolute Gasteiger partial charge is 0.508 e. The van der Waals surface area contributed by atoms with Gasteiger partial charge in [0.05, 0.1) is 22.5 Å². The number of aliphatic imine (C=N–C) groups is 1. The predicted molar refractivity (Wildman–Crippen MR) is 109 cm³/mol. The number of carbonyl (C=O) groups is 1. The van der Waals surface area contributed by atoms with E-state index in [4.69, 9.17) is 0 Å². The van der Waals surface area contributed by atoms with Gasteiger partial charge in [-0.1, -0.05) is 37.3 Å². The van der Waals surface area contributed by atoms with Gasteiger partial charge >= 0.3 is 6.18 Å². The summed E-state index contributed by atoms with van der Waals surface area (Å²) >= 11 is 0. The normalized spacial score (nSPS) is 24.9. The van der Waals surface area contributed by atoms with Crippen LogP contribution in [-0.2, 0) is 11.0 Å². The van der Waals surface area contributed by atoms with Crippen LogP contribution < -0.4 is 4.90 Å². The van der Waals surface area contributed by atoms with E-state index >= 15 is 0 Å². The smallest absolute Gasteiger partial charge is 0.416 e. The molecule has 2 unspecified atom stereocenters. The van der Waals surface area contributed by atoms with Crippen molar-refractivity contribution in [2.24, 2.45) is 10.9 Å². The number of allylic oxidation sites excluding steroid dienone is 1. The number of aliphatic hydroxyl groups is 1. The highest BCUT2D eigenvalue weighted by Gasteiger charge is 2.46. The number of para-hydroxylation sites is 1. The molecule has 1 aliphatic carbocycles. The monoisotopic (exact) mass is 412 g/mol. The number of benzene rings is 2. The Bertz CT molecular complexity index is 1120. The van der Waals surface area contributed by atoms with Gasteiger partial charge in [0, 0.05) is 11.5 Å². The van der Waals surface area contributed by atoms with E-state index in [1.54, 1.807) is 41.3 Å². The third-order valence-corrected chi connectivity index (χ3v) is 5.64. The quantitative estimate of drug-likeness (QED) is 0.700. The highest BCUT2D eigenvalue weighted by Crippen LogP contribution is 2.42. The highest BCUT2D eigenvalue weighted by atomic mass is 19.4. The molecule has 2 aromatic rings. The van der Waals surface area contributed by atoms with Crippen LogP contribution in [0.25, 0.3) is 0 Å². The molecular weight excluding hydrogens is 393 g/mol. The van der Waals surface area contributed by atoms with Gasteiger partial charge in [0.2, 0.25) is 0 Å². The molecule has 1 N–H and O–H groups in total. The second-order valence-electron chi connectivity index (χ2n) is 7.61. The molecular formula is C23H19F3N2O2. The maximum atomic E-state index is 13.4. The molecule has 0 aromatic heterocycles. The molecule has 2 atom stereocenters. The van der Waals surface area contributed by atoms with E-state index in [1.807, 2.05) is 13.8 Å². The number of anilines is 1. The summed E-state index contributed by atoms with van der Waals surface area (Å²) in [5, 5.41) is 9.81. The fraction of sp³-hybridized carbons (Fsp3) is 0.217. The number of hydrogen-bond acceptors (Lipinski definition) is 3. The van der Waals surface area contributed by atoms with Crippen LogP contribution in [0.15, 0.2) is 77.5 Å². The number of aliphatic hydroxyl groups excluding tert-OH is 1. The van der Waals surface area contributed by atoms with Crippen LogP contribution in [0.1, 0.15) is 25.0 Å². The summed E-state index contributed by atoms with van der Waals surface area (Å²) in [6, 6.07) is 11.7. The van der Waals surface area contributed by atoms with Gasteiger partial charge in [-0.05, 0) is 43.3 Å². The third-order valence-electron chi connectivity index (χ3n) is 5.64. The number of fused-ring (bicyclic) bond motifs is 1. The number of nitrogens with zero attached hydrogens (tertiary/aromatic N) is 2. The van der Waals surface area contributed by atoms with E-state index in [1.165, 1.54) is 18.2 Å². The lowest BCUT2D eigenvalue weighted by atomic mass is 9.81. The number of alkyl halides is 3. The summed E-state index contributed by atoms with van der Waals surface area (Å²) in [7, 11) is 0. The van der Waals surface area contributed by atoms with Crippen molar-refractivity contribution in [2.75, 3.05) is 4.90 Å². The highest BCUT2D eigenvalue weighted by molar-refractivity contribution is 6.55. The minimum atomic E-state index is -4.50. The van der Waals surface area contributed by atoms with Crippen molar-refractivity contribution in [3.8, 4) is 0 Å². The maximum absolute atomic E-state index is 13.4. The van der Waals surface area contributed by atoms with Crippen molar-refractivity contribution in [3.63, 3.8) is 0 Å². The second-order valence-corrected chi connectivity index (χ2v) is 7.61. The predicted octanol–water partition coefficient (Wildman–Crippen LogP) is 5.58. The first-order valence-corrected chi connectivity index (χ1v) is 9.41. The fourth-order valence-electron chi connectivity index (χ4n) is 3.83. The lowest BCUT2D eigenvalue weighted by Gasteiger charge is -2.41. The number of halogens is 3. The van der Waals surface area contributed by atoms with Gasteiger partial charge in [0.15, 0.2) is 0 Å². The molecule has 0 saturated heterocycles. The minimum Gasteiger partial charge on any atom is -0.508 e. The standard InChI is InChI=1S/C23H19F3N2O2/c1-14-12-17(29)10-11-22(14,2)28-19-9-4-3-8-18(19)20(21(28)30)27-16-7-5-6-15(13-16)23(24,25)26/h3-14,29H,1-2H3/b27-20-. The van der Waals surface area contributed by atoms with Gasteiger partial charge in [0.25, 0.3) is 5.91 Å². The molecule has 0 fully saturated rings. The van der Waals surface area contributed by atoms with E-state index in [0.717, 1.165) is 12.1 Å². The van der Waals surface area contributed by atoms with E-state index in [9.17, 15) is 23.1 Å². The zero-order valence-corrected chi connectivity index (χ0v) is 16.3. The van der Waals surface area contributed by atoms with Crippen LogP contribution in [-0.4, -0.2) is 22.3 Å². The van der Waals surface area contributed by atoms with Crippen molar-refractivity contribution in [1.82, 2.24) is 0 Å². The van der Waals surface area contributed by atoms with Gasteiger partial charge in [-0.2, -0.15) is 13.2 Å². The Hall–Kier alpha value is -3.35. The Morgan fingerprint density at radius 2 is 1.87 bits per heavy atom. The summed E-state index contributed by atoms with van der Waals surface area (Å²) in [6.45, 7) is 3.76. The van der Waals surface area contributed by atoms with Crippen LogP contribution in [0.3, 0.4) is 0 Å². The zero-order chi connectivity index (χ0) is 21.7. The molecule has 0 saturated carbocycles. The molecule has 0 radical (unpaired) electrons. The summed E-state index contributed by atoms with van der Waals surface area (Å²) in [5.41, 5.74) is -0.269. The minimum absolute atomic E-state index is 0.0553. The van der Waals surface area contributed by atoms with Crippen molar-refractivity contribution in [1.29, 1.82) is 0 Å². The van der Waals surface area contributed by atoms with E-state index in [2.05, 4.69) is 4.99 Å². The number of rotatable bonds is 2.